The third-order valence-corrected chi connectivity index (χ3v) is 2.69. The minimum absolute atomic E-state index is 0.281. The van der Waals surface area contributed by atoms with Gasteiger partial charge in [0.25, 0.3) is 0 Å². The molecule has 100 valence electrons. The number of pyridine rings is 1. The number of rotatable bonds is 4. The van der Waals surface area contributed by atoms with Crippen LogP contribution in [0, 0.1) is 0 Å². The summed E-state index contributed by atoms with van der Waals surface area (Å²) in [6.07, 6.45) is 1.44. The first-order chi connectivity index (χ1) is 9.17. The van der Waals surface area contributed by atoms with Gasteiger partial charge in [-0.2, -0.15) is 0 Å². The normalized spacial score (nSPS) is 10.4. The third kappa shape index (κ3) is 2.59. The first-order valence-corrected chi connectivity index (χ1v) is 6.15. The van der Waals surface area contributed by atoms with Gasteiger partial charge in [0, 0.05) is 11.6 Å². The molecule has 5 heteroatoms. The summed E-state index contributed by atoms with van der Waals surface area (Å²) in [5.74, 6) is 0.237. The number of carbonyl (C=O) groups is 1. The van der Waals surface area contributed by atoms with Crippen LogP contribution in [-0.2, 0) is 4.74 Å². The molecule has 2 aromatic rings. The molecule has 2 rings (SSSR count). The summed E-state index contributed by atoms with van der Waals surface area (Å²) < 4.78 is 10.4. The van der Waals surface area contributed by atoms with Crippen molar-refractivity contribution in [2.45, 2.75) is 13.8 Å². The highest BCUT2D eigenvalue weighted by Crippen LogP contribution is 2.27. The first-order valence-electron chi connectivity index (χ1n) is 6.15. The summed E-state index contributed by atoms with van der Waals surface area (Å²) >= 11 is 0. The molecule has 0 saturated heterocycles. The van der Waals surface area contributed by atoms with Gasteiger partial charge in [0.1, 0.15) is 11.3 Å². The van der Waals surface area contributed by atoms with Crippen molar-refractivity contribution in [3.63, 3.8) is 0 Å². The lowest BCUT2D eigenvalue weighted by Gasteiger charge is -2.09. The lowest BCUT2D eigenvalue weighted by molar-refractivity contribution is 0.0527. The molecule has 19 heavy (non-hydrogen) atoms. The van der Waals surface area contributed by atoms with E-state index < -0.39 is 5.97 Å². The average molecular weight is 260 g/mol. The van der Waals surface area contributed by atoms with Crippen molar-refractivity contribution in [1.82, 2.24) is 4.98 Å². The monoisotopic (exact) mass is 260 g/mol. The van der Waals surface area contributed by atoms with E-state index in [1.54, 1.807) is 13.0 Å². The maximum absolute atomic E-state index is 11.7. The number of nitrogen functional groups attached to an aromatic ring is 1. The zero-order valence-electron chi connectivity index (χ0n) is 11.0. The average Bonchev–Trinajstić information content (AvgIpc) is 2.40. The number of benzene rings is 1. The molecule has 0 spiro atoms. The van der Waals surface area contributed by atoms with Gasteiger partial charge in [-0.1, -0.05) is 0 Å². The summed E-state index contributed by atoms with van der Waals surface area (Å²) in [6.45, 7) is 4.52. The number of hydrogen-bond acceptors (Lipinski definition) is 5. The number of nitrogens with zero attached hydrogens (tertiary/aromatic N) is 1. The maximum Gasteiger partial charge on any atom is 0.341 e. The van der Waals surface area contributed by atoms with E-state index in [-0.39, 0.29) is 5.56 Å². The molecule has 1 heterocycles. The number of esters is 1. The van der Waals surface area contributed by atoms with Crippen LogP contribution in [0.3, 0.4) is 0 Å². The fraction of sp³-hybridized carbons (Fsp3) is 0.286. The molecule has 0 aliphatic carbocycles. The van der Waals surface area contributed by atoms with Gasteiger partial charge in [-0.25, -0.2) is 4.79 Å². The Morgan fingerprint density at radius 3 is 2.79 bits per heavy atom. The molecule has 2 N–H and O–H groups in total. The number of hydrogen-bond donors (Lipinski definition) is 1. The lowest BCUT2D eigenvalue weighted by atomic mass is 10.1. The Hall–Kier alpha value is -2.30. The summed E-state index contributed by atoms with van der Waals surface area (Å²) in [5, 5.41) is 0.691. The van der Waals surface area contributed by atoms with Gasteiger partial charge in [0.15, 0.2) is 0 Å². The molecule has 0 aliphatic heterocycles. The third-order valence-electron chi connectivity index (χ3n) is 2.69. The zero-order chi connectivity index (χ0) is 13.8. The molecule has 0 bridgehead atoms. The Morgan fingerprint density at radius 1 is 1.32 bits per heavy atom. The van der Waals surface area contributed by atoms with Crippen LogP contribution in [0.25, 0.3) is 10.9 Å². The van der Waals surface area contributed by atoms with Gasteiger partial charge in [-0.05, 0) is 32.0 Å². The van der Waals surface area contributed by atoms with E-state index in [4.69, 9.17) is 15.2 Å². The molecular formula is C14H16N2O3. The van der Waals surface area contributed by atoms with Crippen molar-refractivity contribution in [3.05, 3.63) is 30.0 Å². The smallest absolute Gasteiger partial charge is 0.341 e. The van der Waals surface area contributed by atoms with Crippen LogP contribution >= 0.6 is 0 Å². The van der Waals surface area contributed by atoms with Crippen LogP contribution < -0.4 is 10.5 Å². The summed E-state index contributed by atoms with van der Waals surface area (Å²) in [5.41, 5.74) is 7.38. The molecule has 0 atom stereocenters. The zero-order valence-corrected chi connectivity index (χ0v) is 11.0. The quantitative estimate of drug-likeness (QED) is 0.854. The highest BCUT2D eigenvalue weighted by atomic mass is 16.5. The van der Waals surface area contributed by atoms with Gasteiger partial charge >= 0.3 is 5.97 Å². The minimum Gasteiger partial charge on any atom is -0.494 e. The van der Waals surface area contributed by atoms with Crippen LogP contribution in [0.1, 0.15) is 24.2 Å². The molecule has 1 aromatic carbocycles. The molecule has 1 aromatic heterocycles. The Labute approximate surface area is 111 Å². The lowest BCUT2D eigenvalue weighted by Crippen LogP contribution is -2.09. The fourth-order valence-corrected chi connectivity index (χ4v) is 1.82. The van der Waals surface area contributed by atoms with E-state index in [1.807, 2.05) is 19.1 Å². The number of ether oxygens (including phenoxy) is 2. The first kappa shape index (κ1) is 13.1. The Balaban J connectivity index is 2.52. The van der Waals surface area contributed by atoms with Crippen LogP contribution in [0.15, 0.2) is 24.4 Å². The van der Waals surface area contributed by atoms with Crippen LogP contribution in [0.5, 0.6) is 5.75 Å². The second-order valence-corrected chi connectivity index (χ2v) is 3.92. The Bertz CT molecular complexity index is 611. The van der Waals surface area contributed by atoms with Gasteiger partial charge in [-0.15, -0.1) is 0 Å². The SMILES string of the molecule is CCOC(=O)c1cnc2ccc(OCC)cc2c1N. The van der Waals surface area contributed by atoms with Crippen molar-refractivity contribution >= 4 is 22.6 Å². The van der Waals surface area contributed by atoms with E-state index in [2.05, 4.69) is 4.98 Å². The summed E-state index contributed by atoms with van der Waals surface area (Å²) in [7, 11) is 0. The van der Waals surface area contributed by atoms with Gasteiger partial charge in [0.05, 0.1) is 24.4 Å². The molecule has 0 unspecified atom stereocenters. The highest BCUT2D eigenvalue weighted by molar-refractivity contribution is 6.04. The van der Waals surface area contributed by atoms with E-state index >= 15 is 0 Å². The summed E-state index contributed by atoms with van der Waals surface area (Å²) in [6, 6.07) is 5.41. The van der Waals surface area contributed by atoms with E-state index in [9.17, 15) is 4.79 Å². The van der Waals surface area contributed by atoms with Gasteiger partial charge in [-0.3, -0.25) is 4.98 Å². The largest absolute Gasteiger partial charge is 0.494 e. The standard InChI is InChI=1S/C14H16N2O3/c1-3-18-9-5-6-12-10(7-9)13(15)11(8-16-12)14(17)19-4-2/h5-8H,3-4H2,1-2H3,(H2,15,16). The topological polar surface area (TPSA) is 74.4 Å². The Kier molecular flexibility index (Phi) is 3.85. The fourth-order valence-electron chi connectivity index (χ4n) is 1.82. The number of carbonyl (C=O) groups excluding carboxylic acids is 1. The van der Waals surface area contributed by atoms with Crippen molar-refractivity contribution in [2.24, 2.45) is 0 Å². The van der Waals surface area contributed by atoms with Gasteiger partial charge < -0.3 is 15.2 Å². The minimum atomic E-state index is -0.462. The number of anilines is 1. The second-order valence-electron chi connectivity index (χ2n) is 3.92. The number of nitrogens with two attached hydrogens (primary N) is 1. The predicted molar refractivity (Wildman–Crippen MR) is 73.3 cm³/mol. The molecular weight excluding hydrogens is 244 g/mol. The van der Waals surface area contributed by atoms with Crippen LogP contribution in [0.2, 0.25) is 0 Å². The van der Waals surface area contributed by atoms with Crippen LogP contribution in [-0.4, -0.2) is 24.2 Å². The van der Waals surface area contributed by atoms with E-state index in [0.29, 0.717) is 35.6 Å². The molecule has 5 nitrogen and oxygen atoms in total. The van der Waals surface area contributed by atoms with Crippen molar-refractivity contribution in [1.29, 1.82) is 0 Å². The van der Waals surface area contributed by atoms with Crippen LogP contribution in [0.4, 0.5) is 5.69 Å². The number of aromatic nitrogens is 1. The second kappa shape index (κ2) is 5.56. The predicted octanol–water partition coefficient (Wildman–Crippen LogP) is 2.39. The molecule has 0 fully saturated rings. The maximum atomic E-state index is 11.7. The highest BCUT2D eigenvalue weighted by Gasteiger charge is 2.14. The van der Waals surface area contributed by atoms with Crippen molar-refractivity contribution < 1.29 is 14.3 Å². The molecule has 0 aliphatic rings. The Morgan fingerprint density at radius 2 is 2.11 bits per heavy atom. The van der Waals surface area contributed by atoms with Crippen molar-refractivity contribution in [2.75, 3.05) is 18.9 Å². The number of fused-ring (bicyclic) bond motifs is 1. The molecule has 0 amide bonds. The van der Waals surface area contributed by atoms with E-state index in [0.717, 1.165) is 0 Å². The van der Waals surface area contributed by atoms with Crippen molar-refractivity contribution in [3.8, 4) is 5.75 Å². The molecule has 0 radical (unpaired) electrons. The van der Waals surface area contributed by atoms with E-state index in [1.165, 1.54) is 6.20 Å². The summed E-state index contributed by atoms with van der Waals surface area (Å²) in [4.78, 5) is 16.0. The van der Waals surface area contributed by atoms with Gasteiger partial charge in [0.2, 0.25) is 0 Å². The molecule has 0 saturated carbocycles.